The number of hydrogen-bond donors (Lipinski definition) is 1. The molecular formula is C18H20N2O7. The number of rotatable bonds is 7. The molecule has 0 amide bonds. The molecule has 144 valence electrons. The summed E-state index contributed by atoms with van der Waals surface area (Å²) in [6.07, 6.45) is 0. The molecule has 2 atom stereocenters. The number of benzene rings is 1. The van der Waals surface area contributed by atoms with Crippen LogP contribution >= 0.6 is 0 Å². The summed E-state index contributed by atoms with van der Waals surface area (Å²) in [5.74, 6) is -2.92. The minimum Gasteiger partial charge on any atom is -0.478 e. The van der Waals surface area contributed by atoms with Crippen LogP contribution < -0.4 is 0 Å². The standard InChI is InChI=1S/C18H20N2O7/c1-10-14(17(21)22)16(12-5-4-6-13(9-12)20(24)25)15(11(2)19-10)18(23)27-8-7-26-3/h4-6,9,11,15H,7-8H2,1-3H3,(H,21,22). The average molecular weight is 376 g/mol. The van der Waals surface area contributed by atoms with Crippen LogP contribution in [0, 0.1) is 16.0 Å². The van der Waals surface area contributed by atoms with E-state index in [1.807, 2.05) is 0 Å². The molecule has 1 aliphatic heterocycles. The molecule has 1 aromatic carbocycles. The fourth-order valence-electron chi connectivity index (χ4n) is 3.05. The number of non-ortho nitro benzene ring substituents is 1. The van der Waals surface area contributed by atoms with Gasteiger partial charge in [-0.25, -0.2) is 4.79 Å². The number of nitrogens with zero attached hydrogens (tertiary/aromatic N) is 2. The second-order valence-corrected chi connectivity index (χ2v) is 5.99. The monoisotopic (exact) mass is 376 g/mol. The molecule has 0 aromatic heterocycles. The molecule has 0 fully saturated rings. The molecule has 1 aliphatic rings. The van der Waals surface area contributed by atoms with Crippen LogP contribution in [0.4, 0.5) is 5.69 Å². The van der Waals surface area contributed by atoms with E-state index in [1.54, 1.807) is 6.92 Å². The largest absolute Gasteiger partial charge is 0.478 e. The van der Waals surface area contributed by atoms with E-state index in [9.17, 15) is 24.8 Å². The molecule has 0 bridgehead atoms. The number of nitro groups is 1. The fraction of sp³-hybridized carbons (Fsp3) is 0.389. The van der Waals surface area contributed by atoms with Crippen molar-refractivity contribution in [3.63, 3.8) is 0 Å². The van der Waals surface area contributed by atoms with Gasteiger partial charge in [-0.05, 0) is 25.0 Å². The Labute approximate surface area is 155 Å². The lowest BCUT2D eigenvalue weighted by atomic mass is 9.80. The van der Waals surface area contributed by atoms with Gasteiger partial charge in [0.1, 0.15) is 12.5 Å². The Morgan fingerprint density at radius 3 is 2.63 bits per heavy atom. The summed E-state index contributed by atoms with van der Waals surface area (Å²) in [7, 11) is 1.46. The van der Waals surface area contributed by atoms with Crippen molar-refractivity contribution >= 4 is 28.9 Å². The molecule has 0 aliphatic carbocycles. The van der Waals surface area contributed by atoms with Crippen LogP contribution in [0.1, 0.15) is 19.4 Å². The Kier molecular flexibility index (Phi) is 6.40. The van der Waals surface area contributed by atoms with E-state index in [0.717, 1.165) is 0 Å². The summed E-state index contributed by atoms with van der Waals surface area (Å²) in [6.45, 7) is 3.40. The lowest BCUT2D eigenvalue weighted by Crippen LogP contribution is -2.35. The van der Waals surface area contributed by atoms with E-state index in [4.69, 9.17) is 9.47 Å². The highest BCUT2D eigenvalue weighted by atomic mass is 16.6. The number of aliphatic imine (C=N–C) groups is 1. The van der Waals surface area contributed by atoms with E-state index in [0.29, 0.717) is 0 Å². The zero-order chi connectivity index (χ0) is 20.1. The minimum absolute atomic E-state index is 0.00583. The molecule has 27 heavy (non-hydrogen) atoms. The Bertz CT molecular complexity index is 829. The zero-order valence-corrected chi connectivity index (χ0v) is 15.2. The third kappa shape index (κ3) is 4.37. The summed E-state index contributed by atoms with van der Waals surface area (Å²) in [4.78, 5) is 39.3. The van der Waals surface area contributed by atoms with Gasteiger partial charge in [0, 0.05) is 25.0 Å². The van der Waals surface area contributed by atoms with Gasteiger partial charge in [0.25, 0.3) is 5.69 Å². The topological polar surface area (TPSA) is 128 Å². The first-order valence-electron chi connectivity index (χ1n) is 8.20. The normalized spacial score (nSPS) is 19.4. The van der Waals surface area contributed by atoms with Crippen LogP contribution in [0.5, 0.6) is 0 Å². The summed E-state index contributed by atoms with van der Waals surface area (Å²) < 4.78 is 10.0. The number of esters is 1. The van der Waals surface area contributed by atoms with Gasteiger partial charge in [0.05, 0.1) is 23.1 Å². The molecule has 1 aromatic rings. The third-order valence-electron chi connectivity index (χ3n) is 4.19. The number of hydrogen-bond acceptors (Lipinski definition) is 7. The first-order chi connectivity index (χ1) is 12.8. The van der Waals surface area contributed by atoms with Crippen molar-refractivity contribution in [2.75, 3.05) is 20.3 Å². The van der Waals surface area contributed by atoms with Crippen LogP contribution in [0.25, 0.3) is 5.57 Å². The molecule has 9 heteroatoms. The van der Waals surface area contributed by atoms with Crippen molar-refractivity contribution < 1.29 is 29.1 Å². The molecule has 1 N–H and O–H groups in total. The maximum absolute atomic E-state index is 12.7. The van der Waals surface area contributed by atoms with Gasteiger partial charge in [0.2, 0.25) is 0 Å². The van der Waals surface area contributed by atoms with E-state index in [-0.39, 0.29) is 41.3 Å². The van der Waals surface area contributed by atoms with Gasteiger partial charge < -0.3 is 14.6 Å². The highest BCUT2D eigenvalue weighted by molar-refractivity contribution is 6.25. The Morgan fingerprint density at radius 1 is 1.33 bits per heavy atom. The molecule has 0 radical (unpaired) electrons. The second kappa shape index (κ2) is 8.54. The molecule has 2 rings (SSSR count). The molecule has 0 saturated carbocycles. The average Bonchev–Trinajstić information content (AvgIpc) is 2.60. The lowest BCUT2D eigenvalue weighted by Gasteiger charge is -2.29. The maximum Gasteiger partial charge on any atom is 0.337 e. The van der Waals surface area contributed by atoms with Gasteiger partial charge >= 0.3 is 11.9 Å². The van der Waals surface area contributed by atoms with Crippen LogP contribution in [0.3, 0.4) is 0 Å². The summed E-state index contributed by atoms with van der Waals surface area (Å²) in [6, 6.07) is 4.94. The van der Waals surface area contributed by atoms with Crippen molar-refractivity contribution in [1.82, 2.24) is 0 Å². The number of carboxylic acid groups (broad SMARTS) is 1. The Balaban J connectivity index is 2.61. The van der Waals surface area contributed by atoms with E-state index >= 15 is 0 Å². The maximum atomic E-state index is 12.7. The fourth-order valence-corrected chi connectivity index (χ4v) is 3.05. The highest BCUT2D eigenvalue weighted by Gasteiger charge is 2.39. The smallest absolute Gasteiger partial charge is 0.337 e. The number of carbonyl (C=O) groups excluding carboxylic acids is 1. The SMILES string of the molecule is COCCOC(=O)C1C(c2cccc([N+](=O)[O-])c2)=C(C(=O)O)C(C)=NC1C. The van der Waals surface area contributed by atoms with Crippen LogP contribution in [-0.4, -0.2) is 54.0 Å². The van der Waals surface area contributed by atoms with Gasteiger partial charge in [-0.2, -0.15) is 0 Å². The van der Waals surface area contributed by atoms with Crippen molar-refractivity contribution in [1.29, 1.82) is 0 Å². The van der Waals surface area contributed by atoms with Crippen LogP contribution in [-0.2, 0) is 19.1 Å². The third-order valence-corrected chi connectivity index (χ3v) is 4.19. The number of methoxy groups -OCH3 is 1. The quantitative estimate of drug-likeness (QED) is 0.334. The minimum atomic E-state index is -1.26. The number of aliphatic carboxylic acids is 1. The zero-order valence-electron chi connectivity index (χ0n) is 15.2. The Morgan fingerprint density at radius 2 is 2.04 bits per heavy atom. The van der Waals surface area contributed by atoms with E-state index in [2.05, 4.69) is 4.99 Å². The Hall–Kier alpha value is -3.07. The number of carbonyl (C=O) groups is 2. The van der Waals surface area contributed by atoms with Crippen molar-refractivity contribution in [2.45, 2.75) is 19.9 Å². The van der Waals surface area contributed by atoms with Crippen molar-refractivity contribution in [3.05, 3.63) is 45.5 Å². The summed E-state index contributed by atoms with van der Waals surface area (Å²) in [5.41, 5.74) is 0.328. The number of dihydropyridines is 1. The second-order valence-electron chi connectivity index (χ2n) is 5.99. The molecule has 0 saturated heterocycles. The summed E-state index contributed by atoms with van der Waals surface area (Å²) in [5, 5.41) is 20.8. The van der Waals surface area contributed by atoms with Crippen LogP contribution in [0.2, 0.25) is 0 Å². The van der Waals surface area contributed by atoms with Crippen molar-refractivity contribution in [2.24, 2.45) is 10.9 Å². The van der Waals surface area contributed by atoms with Gasteiger partial charge in [0.15, 0.2) is 0 Å². The first kappa shape index (κ1) is 20.2. The van der Waals surface area contributed by atoms with Crippen molar-refractivity contribution in [3.8, 4) is 0 Å². The molecule has 0 spiro atoms. The molecule has 9 nitrogen and oxygen atoms in total. The number of carboxylic acids is 1. The number of ether oxygens (including phenoxy) is 2. The lowest BCUT2D eigenvalue weighted by molar-refractivity contribution is -0.384. The molecule has 2 unspecified atom stereocenters. The highest BCUT2D eigenvalue weighted by Crippen LogP contribution is 2.37. The van der Waals surface area contributed by atoms with Crippen LogP contribution in [0.15, 0.2) is 34.8 Å². The molecule has 1 heterocycles. The summed E-state index contributed by atoms with van der Waals surface area (Å²) >= 11 is 0. The number of nitro benzene ring substituents is 1. The van der Waals surface area contributed by atoms with Gasteiger partial charge in [-0.3, -0.25) is 19.9 Å². The van der Waals surface area contributed by atoms with E-state index < -0.39 is 28.8 Å². The van der Waals surface area contributed by atoms with Gasteiger partial charge in [-0.15, -0.1) is 0 Å². The predicted octanol–water partition coefficient (Wildman–Crippen LogP) is 2.10. The first-order valence-corrected chi connectivity index (χ1v) is 8.20. The predicted molar refractivity (Wildman–Crippen MR) is 96.5 cm³/mol. The van der Waals surface area contributed by atoms with E-state index in [1.165, 1.54) is 38.3 Å². The molecular weight excluding hydrogens is 356 g/mol. The van der Waals surface area contributed by atoms with Gasteiger partial charge in [-0.1, -0.05) is 12.1 Å².